The molecule has 1 N–H and O–H groups in total. The summed E-state index contributed by atoms with van der Waals surface area (Å²) in [6, 6.07) is 35.2. The highest BCUT2D eigenvalue weighted by molar-refractivity contribution is 5.90. The van der Waals surface area contributed by atoms with Gasteiger partial charge in [0.15, 0.2) is 0 Å². The molecule has 6 rings (SSSR count). The number of hydrogen-bond donors (Lipinski definition) is 1. The third-order valence-corrected chi connectivity index (χ3v) is 9.53. The molecule has 0 radical (unpaired) electrons. The van der Waals surface area contributed by atoms with E-state index < -0.39 is 12.0 Å². The van der Waals surface area contributed by atoms with Gasteiger partial charge in [0.2, 0.25) is 0 Å². The van der Waals surface area contributed by atoms with Crippen molar-refractivity contribution in [2.45, 2.75) is 44.1 Å². The number of fused-ring (bicyclic) bond motifs is 1. The molecule has 0 aromatic heterocycles. The molecule has 1 unspecified atom stereocenters. The lowest BCUT2D eigenvalue weighted by Crippen LogP contribution is -2.39. The van der Waals surface area contributed by atoms with Crippen LogP contribution in [0, 0.1) is 11.8 Å². The van der Waals surface area contributed by atoms with Crippen molar-refractivity contribution < 1.29 is 9.90 Å². The van der Waals surface area contributed by atoms with Crippen LogP contribution in [0.2, 0.25) is 0 Å². The fourth-order valence-corrected chi connectivity index (χ4v) is 7.38. The second-order valence-electron chi connectivity index (χ2n) is 12.2. The van der Waals surface area contributed by atoms with Crippen molar-refractivity contribution in [2.75, 3.05) is 32.7 Å². The molecule has 4 aromatic rings. The van der Waals surface area contributed by atoms with Gasteiger partial charge in [0.25, 0.3) is 0 Å². The Hall–Kier alpha value is -3.47. The van der Waals surface area contributed by atoms with Crippen molar-refractivity contribution in [3.63, 3.8) is 0 Å². The van der Waals surface area contributed by atoms with Gasteiger partial charge >= 0.3 is 5.97 Å². The summed E-state index contributed by atoms with van der Waals surface area (Å²) in [5.41, 5.74) is 3.68. The number of aliphatic carboxylic acids is 1. The number of nitrogens with zero attached hydrogens (tertiary/aromatic N) is 2. The molecular formula is C37H42N2O2. The summed E-state index contributed by atoms with van der Waals surface area (Å²) in [7, 11) is 0. The van der Waals surface area contributed by atoms with E-state index in [-0.39, 0.29) is 0 Å². The van der Waals surface area contributed by atoms with Crippen LogP contribution < -0.4 is 0 Å². The minimum atomic E-state index is -0.759. The number of carboxylic acid groups (broad SMARTS) is 1. The second kappa shape index (κ2) is 13.0. The molecular weight excluding hydrogens is 504 g/mol. The molecule has 0 aliphatic carbocycles. The minimum Gasteiger partial charge on any atom is -0.480 e. The number of rotatable bonds is 10. The van der Waals surface area contributed by atoms with Crippen molar-refractivity contribution in [1.29, 1.82) is 0 Å². The summed E-state index contributed by atoms with van der Waals surface area (Å²) in [4.78, 5) is 17.7. The standard InChI is InChI=1S/C37H42N2O2/c40-37(41)36(34-20-10-18-30-17-7-8-19-33(30)34)39-26-32(35(27-39)31-15-5-2-6-16-31)25-38-23-21-29(22-24-38)14-9-13-28-11-3-1-4-12-28/h1-8,10-12,15-20,29,32,35-36H,9,13-14,21-27H2,(H,40,41)/t32-,35+,36?/m0/s1. The van der Waals surface area contributed by atoms with E-state index in [0.29, 0.717) is 11.8 Å². The maximum absolute atomic E-state index is 12.8. The molecule has 0 bridgehead atoms. The predicted molar refractivity (Wildman–Crippen MR) is 167 cm³/mol. The lowest BCUT2D eigenvalue weighted by atomic mass is 9.87. The van der Waals surface area contributed by atoms with Crippen LogP contribution in [-0.2, 0) is 11.2 Å². The quantitative estimate of drug-likeness (QED) is 0.225. The van der Waals surface area contributed by atoms with Gasteiger partial charge in [-0.05, 0) is 78.1 Å². The fourth-order valence-electron chi connectivity index (χ4n) is 7.38. The molecule has 2 aliphatic heterocycles. The number of benzene rings is 4. The molecule has 3 atom stereocenters. The lowest BCUT2D eigenvalue weighted by Gasteiger charge is -2.35. The van der Waals surface area contributed by atoms with Crippen LogP contribution in [0.1, 0.15) is 54.3 Å². The molecule has 4 heteroatoms. The molecule has 2 heterocycles. The maximum Gasteiger partial charge on any atom is 0.325 e. The van der Waals surface area contributed by atoms with Crippen LogP contribution in [0.5, 0.6) is 0 Å². The van der Waals surface area contributed by atoms with Crippen molar-refractivity contribution in [3.05, 3.63) is 120 Å². The Morgan fingerprint density at radius 2 is 1.49 bits per heavy atom. The van der Waals surface area contributed by atoms with Crippen molar-refractivity contribution >= 4 is 16.7 Å². The van der Waals surface area contributed by atoms with Crippen molar-refractivity contribution in [3.8, 4) is 0 Å². The highest BCUT2D eigenvalue weighted by atomic mass is 16.4. The molecule has 41 heavy (non-hydrogen) atoms. The minimum absolute atomic E-state index is 0.330. The molecule has 4 aromatic carbocycles. The molecule has 0 amide bonds. The zero-order valence-corrected chi connectivity index (χ0v) is 23.9. The summed E-state index contributed by atoms with van der Waals surface area (Å²) in [6.45, 7) is 4.91. The highest BCUT2D eigenvalue weighted by Gasteiger charge is 2.41. The van der Waals surface area contributed by atoms with Gasteiger partial charge in [-0.25, -0.2) is 0 Å². The summed E-state index contributed by atoms with van der Waals surface area (Å²) in [5, 5.41) is 12.7. The van der Waals surface area contributed by atoms with Gasteiger partial charge in [-0.15, -0.1) is 0 Å². The van der Waals surface area contributed by atoms with Crippen LogP contribution in [0.15, 0.2) is 103 Å². The third kappa shape index (κ3) is 6.55. The predicted octanol–water partition coefficient (Wildman–Crippen LogP) is 7.42. The number of piperidine rings is 1. The number of carbonyl (C=O) groups is 1. The molecule has 2 aliphatic rings. The zero-order chi connectivity index (χ0) is 28.0. The number of carboxylic acids is 1. The molecule has 0 saturated carbocycles. The first-order chi connectivity index (χ1) is 20.2. The molecule has 212 valence electrons. The lowest BCUT2D eigenvalue weighted by molar-refractivity contribution is -0.143. The van der Waals surface area contributed by atoms with E-state index >= 15 is 0 Å². The number of likely N-dealkylation sites (tertiary alicyclic amines) is 2. The van der Waals surface area contributed by atoms with E-state index in [1.54, 1.807) is 0 Å². The molecule has 2 saturated heterocycles. The van der Waals surface area contributed by atoms with Gasteiger partial charge < -0.3 is 10.0 Å². The van der Waals surface area contributed by atoms with E-state index in [1.807, 2.05) is 24.3 Å². The zero-order valence-electron chi connectivity index (χ0n) is 23.9. The molecule has 4 nitrogen and oxygen atoms in total. The Bertz CT molecular complexity index is 1410. The van der Waals surface area contributed by atoms with Gasteiger partial charge in [0, 0.05) is 25.6 Å². The monoisotopic (exact) mass is 546 g/mol. The first-order valence-corrected chi connectivity index (χ1v) is 15.4. The Morgan fingerprint density at radius 3 is 2.24 bits per heavy atom. The van der Waals surface area contributed by atoms with E-state index in [0.717, 1.165) is 55.0 Å². The summed E-state index contributed by atoms with van der Waals surface area (Å²) in [5.74, 6) is 0.799. The highest BCUT2D eigenvalue weighted by Crippen LogP contribution is 2.40. The van der Waals surface area contributed by atoms with Crippen LogP contribution in [0.4, 0.5) is 0 Å². The van der Waals surface area contributed by atoms with Gasteiger partial charge in [-0.3, -0.25) is 9.69 Å². The van der Waals surface area contributed by atoms with Crippen molar-refractivity contribution in [1.82, 2.24) is 9.80 Å². The van der Waals surface area contributed by atoms with E-state index in [4.69, 9.17) is 0 Å². The number of aryl methyl sites for hydroxylation is 1. The first kappa shape index (κ1) is 27.7. The number of hydrogen-bond acceptors (Lipinski definition) is 3. The Labute approximate surface area is 244 Å². The third-order valence-electron chi connectivity index (χ3n) is 9.53. The van der Waals surface area contributed by atoms with Crippen LogP contribution in [-0.4, -0.2) is 53.6 Å². The molecule has 2 fully saturated rings. The Balaban J connectivity index is 1.13. The average molecular weight is 547 g/mol. The molecule has 0 spiro atoms. The van der Waals surface area contributed by atoms with Gasteiger partial charge in [-0.1, -0.05) is 110 Å². The van der Waals surface area contributed by atoms with E-state index in [1.165, 1.54) is 43.2 Å². The average Bonchev–Trinajstić information content (AvgIpc) is 3.42. The van der Waals surface area contributed by atoms with E-state index in [9.17, 15) is 9.90 Å². The van der Waals surface area contributed by atoms with Gasteiger partial charge in [0.1, 0.15) is 6.04 Å². The summed E-state index contributed by atoms with van der Waals surface area (Å²) < 4.78 is 0. The van der Waals surface area contributed by atoms with Crippen LogP contribution in [0.3, 0.4) is 0 Å². The van der Waals surface area contributed by atoms with Gasteiger partial charge in [0.05, 0.1) is 0 Å². The van der Waals surface area contributed by atoms with Gasteiger partial charge in [-0.2, -0.15) is 0 Å². The van der Waals surface area contributed by atoms with E-state index in [2.05, 4.69) is 88.7 Å². The smallest absolute Gasteiger partial charge is 0.325 e. The second-order valence-corrected chi connectivity index (χ2v) is 12.2. The maximum atomic E-state index is 12.8. The Kier molecular flexibility index (Phi) is 8.79. The fraction of sp³-hybridized carbons (Fsp3) is 0.378. The van der Waals surface area contributed by atoms with Crippen LogP contribution in [0.25, 0.3) is 10.8 Å². The topological polar surface area (TPSA) is 43.8 Å². The SMILES string of the molecule is O=C(O)C(c1cccc2ccccc12)N1C[C@H](CN2CCC(CCCc3ccccc3)CC2)[C@@H](c2ccccc2)C1. The van der Waals surface area contributed by atoms with Crippen molar-refractivity contribution in [2.24, 2.45) is 11.8 Å². The van der Waals surface area contributed by atoms with Crippen LogP contribution >= 0.6 is 0 Å². The summed E-state index contributed by atoms with van der Waals surface area (Å²) in [6.07, 6.45) is 6.31. The first-order valence-electron chi connectivity index (χ1n) is 15.4. The normalized spacial score (nSPS) is 21.3. The largest absolute Gasteiger partial charge is 0.480 e. The summed E-state index contributed by atoms with van der Waals surface area (Å²) >= 11 is 0. The Morgan fingerprint density at radius 1 is 0.805 bits per heavy atom.